The van der Waals surface area contributed by atoms with Crippen molar-refractivity contribution in [3.8, 4) is 11.5 Å². The van der Waals surface area contributed by atoms with Crippen LogP contribution in [0.25, 0.3) is 0 Å². The number of carbonyl (C=O) groups is 1. The van der Waals surface area contributed by atoms with Crippen molar-refractivity contribution in [2.45, 2.75) is 62.2 Å². The van der Waals surface area contributed by atoms with E-state index < -0.39 is 34.4 Å². The normalized spacial score (nSPS) is 17.5. The molecule has 1 saturated carbocycles. The predicted octanol–water partition coefficient (Wildman–Crippen LogP) is 2.91. The molecule has 1 amide bonds. The van der Waals surface area contributed by atoms with Crippen LogP contribution in [0.5, 0.6) is 11.5 Å². The third-order valence-corrected chi connectivity index (χ3v) is 7.12. The molecular formula is C23H28N2O8S. The molecule has 10 nitrogen and oxygen atoms in total. The van der Waals surface area contributed by atoms with Crippen molar-refractivity contribution in [2.24, 2.45) is 0 Å². The Kier molecular flexibility index (Phi) is 7.57. The summed E-state index contributed by atoms with van der Waals surface area (Å²) in [6, 6.07) is 12.7. The Hall–Kier alpha value is -2.86. The van der Waals surface area contributed by atoms with E-state index in [-0.39, 0.29) is 22.1 Å². The standard InChI is InChI=1S/C23H28N2O8S/c1-16(26)20(13-17-7-3-2-4-8-17)24-23(27)33-25(32-18-9-5-6-10-18)34(28,29)19-11-12-21-22(14-19)31-15-30-21/h2-4,7-8,11-12,14,16,18,20,26H,5-6,9-10,13,15H2,1H3,(H,24,27). The quantitative estimate of drug-likeness (QED) is 0.512. The lowest BCUT2D eigenvalue weighted by Crippen LogP contribution is -2.47. The first kappa shape index (κ1) is 24.3. The third-order valence-electron chi connectivity index (χ3n) is 5.72. The number of hydrogen-bond acceptors (Lipinski definition) is 8. The van der Waals surface area contributed by atoms with Gasteiger partial charge >= 0.3 is 6.09 Å². The van der Waals surface area contributed by atoms with Crippen molar-refractivity contribution in [1.82, 2.24) is 9.95 Å². The molecular weight excluding hydrogens is 464 g/mol. The van der Waals surface area contributed by atoms with Gasteiger partial charge in [-0.05, 0) is 43.9 Å². The van der Waals surface area contributed by atoms with Crippen LogP contribution in [0.1, 0.15) is 38.2 Å². The van der Waals surface area contributed by atoms with Crippen LogP contribution < -0.4 is 14.8 Å². The summed E-state index contributed by atoms with van der Waals surface area (Å²) in [6.07, 6.45) is 0.989. The van der Waals surface area contributed by atoms with Gasteiger partial charge in [-0.15, -0.1) is 0 Å². The minimum Gasteiger partial charge on any atom is -0.454 e. The summed E-state index contributed by atoms with van der Waals surface area (Å²) in [5.74, 6) is 0.685. The molecule has 0 spiro atoms. The first-order valence-electron chi connectivity index (χ1n) is 11.1. The molecule has 11 heteroatoms. The van der Waals surface area contributed by atoms with Gasteiger partial charge in [0.1, 0.15) is 4.63 Å². The largest absolute Gasteiger partial charge is 0.454 e. The highest BCUT2D eigenvalue weighted by Gasteiger charge is 2.35. The monoisotopic (exact) mass is 492 g/mol. The van der Waals surface area contributed by atoms with Crippen molar-refractivity contribution >= 4 is 16.1 Å². The van der Waals surface area contributed by atoms with Crippen LogP contribution in [0.2, 0.25) is 0 Å². The summed E-state index contributed by atoms with van der Waals surface area (Å²) in [5, 5.41) is 12.7. The number of amides is 1. The molecule has 2 aromatic rings. The zero-order chi connectivity index (χ0) is 24.1. The maximum Gasteiger partial charge on any atom is 0.429 e. The highest BCUT2D eigenvalue weighted by Crippen LogP contribution is 2.35. The molecule has 0 radical (unpaired) electrons. The van der Waals surface area contributed by atoms with E-state index in [9.17, 15) is 18.3 Å². The van der Waals surface area contributed by atoms with Crippen molar-refractivity contribution in [3.63, 3.8) is 0 Å². The van der Waals surface area contributed by atoms with Crippen LogP contribution >= 0.6 is 0 Å². The number of nitrogens with zero attached hydrogens (tertiary/aromatic N) is 1. The molecule has 1 aliphatic carbocycles. The summed E-state index contributed by atoms with van der Waals surface area (Å²) in [4.78, 5) is 23.3. The summed E-state index contributed by atoms with van der Waals surface area (Å²) >= 11 is 0. The van der Waals surface area contributed by atoms with E-state index >= 15 is 0 Å². The first-order chi connectivity index (χ1) is 16.3. The second-order valence-electron chi connectivity index (χ2n) is 8.29. The summed E-state index contributed by atoms with van der Waals surface area (Å²) in [7, 11) is -4.39. The fourth-order valence-corrected chi connectivity index (χ4v) is 4.89. The van der Waals surface area contributed by atoms with Gasteiger partial charge in [0.05, 0.1) is 23.1 Å². The van der Waals surface area contributed by atoms with Crippen molar-refractivity contribution in [1.29, 1.82) is 0 Å². The summed E-state index contributed by atoms with van der Waals surface area (Å²) in [6.45, 7) is 1.52. The Morgan fingerprint density at radius 1 is 1.15 bits per heavy atom. The molecule has 2 atom stereocenters. The number of benzene rings is 2. The minimum atomic E-state index is -4.39. The second-order valence-corrected chi connectivity index (χ2v) is 10.0. The van der Waals surface area contributed by atoms with Gasteiger partial charge in [0.2, 0.25) is 6.79 Å². The predicted molar refractivity (Wildman–Crippen MR) is 120 cm³/mol. The lowest BCUT2D eigenvalue weighted by atomic mass is 10.0. The fraction of sp³-hybridized carbons (Fsp3) is 0.435. The molecule has 2 N–H and O–H groups in total. The molecule has 184 valence electrons. The number of nitrogens with one attached hydrogen (secondary N) is 1. The van der Waals surface area contributed by atoms with Crippen LogP contribution in [0.4, 0.5) is 4.79 Å². The van der Waals surface area contributed by atoms with Crippen LogP contribution in [-0.4, -0.2) is 49.3 Å². The lowest BCUT2D eigenvalue weighted by molar-refractivity contribution is -0.287. The van der Waals surface area contributed by atoms with E-state index in [0.717, 1.165) is 18.4 Å². The molecule has 1 fully saturated rings. The number of ether oxygens (including phenoxy) is 2. The van der Waals surface area contributed by atoms with Gasteiger partial charge in [0, 0.05) is 6.07 Å². The maximum atomic E-state index is 13.3. The van der Waals surface area contributed by atoms with E-state index in [0.29, 0.717) is 25.0 Å². The molecule has 1 heterocycles. The molecule has 1 aliphatic heterocycles. The molecule has 2 aromatic carbocycles. The molecule has 2 aliphatic rings. The highest BCUT2D eigenvalue weighted by molar-refractivity contribution is 7.88. The number of sulfonamides is 1. The van der Waals surface area contributed by atoms with E-state index in [2.05, 4.69) is 5.32 Å². The lowest BCUT2D eigenvalue weighted by Gasteiger charge is -2.25. The maximum absolute atomic E-state index is 13.3. The summed E-state index contributed by atoms with van der Waals surface area (Å²) < 4.78 is 37.4. The Morgan fingerprint density at radius 2 is 1.85 bits per heavy atom. The van der Waals surface area contributed by atoms with Gasteiger partial charge in [-0.3, -0.25) is 0 Å². The second kappa shape index (κ2) is 10.6. The van der Waals surface area contributed by atoms with Crippen LogP contribution in [0.3, 0.4) is 0 Å². The number of hydrogen-bond donors (Lipinski definition) is 2. The zero-order valence-electron chi connectivity index (χ0n) is 18.8. The number of carbonyl (C=O) groups excluding carboxylic acids is 1. The average Bonchev–Trinajstić information content (AvgIpc) is 3.50. The zero-order valence-corrected chi connectivity index (χ0v) is 19.6. The van der Waals surface area contributed by atoms with Crippen molar-refractivity contribution in [2.75, 3.05) is 6.79 Å². The molecule has 0 saturated heterocycles. The Morgan fingerprint density at radius 3 is 2.56 bits per heavy atom. The minimum absolute atomic E-state index is 0.0117. The number of fused-ring (bicyclic) bond motifs is 1. The van der Waals surface area contributed by atoms with E-state index in [1.807, 2.05) is 30.3 Å². The molecule has 2 unspecified atom stereocenters. The van der Waals surface area contributed by atoms with Gasteiger partial charge < -0.3 is 24.7 Å². The summed E-state index contributed by atoms with van der Waals surface area (Å²) in [5.41, 5.74) is 0.890. The number of rotatable bonds is 9. The van der Waals surface area contributed by atoms with Crippen LogP contribution in [0.15, 0.2) is 53.4 Å². The molecule has 0 aromatic heterocycles. The smallest absolute Gasteiger partial charge is 0.429 e. The Labute approximate surface area is 198 Å². The molecule has 0 bridgehead atoms. The van der Waals surface area contributed by atoms with Crippen LogP contribution in [0, 0.1) is 0 Å². The van der Waals surface area contributed by atoms with Crippen molar-refractivity contribution < 1.29 is 37.5 Å². The number of aliphatic hydroxyl groups is 1. The van der Waals surface area contributed by atoms with Crippen LogP contribution in [-0.2, 0) is 26.1 Å². The van der Waals surface area contributed by atoms with Gasteiger partial charge in [-0.25, -0.2) is 18.0 Å². The van der Waals surface area contributed by atoms with E-state index in [4.69, 9.17) is 19.1 Å². The van der Waals surface area contributed by atoms with Gasteiger partial charge in [-0.1, -0.05) is 43.2 Å². The first-order valence-corrected chi connectivity index (χ1v) is 12.6. The van der Waals surface area contributed by atoms with Gasteiger partial charge in [-0.2, -0.15) is 0 Å². The van der Waals surface area contributed by atoms with E-state index in [1.165, 1.54) is 25.1 Å². The topological polar surface area (TPSA) is 124 Å². The molecule has 4 rings (SSSR count). The molecule has 34 heavy (non-hydrogen) atoms. The van der Waals surface area contributed by atoms with E-state index in [1.54, 1.807) is 0 Å². The average molecular weight is 493 g/mol. The van der Waals surface area contributed by atoms with Gasteiger partial charge in [0.15, 0.2) is 11.5 Å². The fourth-order valence-electron chi connectivity index (χ4n) is 3.82. The number of aliphatic hydroxyl groups excluding tert-OH is 1. The van der Waals surface area contributed by atoms with Gasteiger partial charge in [0.25, 0.3) is 10.0 Å². The Bertz CT molecular complexity index is 1090. The van der Waals surface area contributed by atoms with Crippen molar-refractivity contribution in [3.05, 3.63) is 54.1 Å². The highest BCUT2D eigenvalue weighted by atomic mass is 32.2. The SMILES string of the molecule is CC(O)C(Cc1ccccc1)NC(=O)ON(OC1CCCC1)S(=O)(=O)c1ccc2c(c1)OCO2. The Balaban J connectivity index is 1.51. The third kappa shape index (κ3) is 5.79.